The molecule has 0 aliphatic carbocycles. The Morgan fingerprint density at radius 3 is 2.41 bits per heavy atom. The SMILES string of the molecule is Cc1ccc(S(=O)(=O)N2CCOCC2)cc1C(=O)NC(=S)N1CC(C)OC(C)C1. The minimum absolute atomic E-state index is 0.0114. The molecule has 29 heavy (non-hydrogen) atoms. The van der Waals surface area contributed by atoms with E-state index in [0.717, 1.165) is 0 Å². The van der Waals surface area contributed by atoms with Gasteiger partial charge in [0.2, 0.25) is 10.0 Å². The third-order valence-corrected chi connectivity index (χ3v) is 7.24. The molecule has 160 valence electrons. The van der Waals surface area contributed by atoms with Crippen molar-refractivity contribution < 1.29 is 22.7 Å². The number of sulfonamides is 1. The van der Waals surface area contributed by atoms with Crippen molar-refractivity contribution in [3.05, 3.63) is 29.3 Å². The standard InChI is InChI=1S/C19H27N3O5S2/c1-13-4-5-16(29(24,25)22-6-8-26-9-7-22)10-17(13)18(23)20-19(28)21-11-14(2)27-15(3)12-21/h4-5,10,14-15H,6-9,11-12H2,1-3H3,(H,20,23,28). The zero-order chi connectivity index (χ0) is 21.2. The highest BCUT2D eigenvalue weighted by Crippen LogP contribution is 2.21. The number of benzene rings is 1. The fourth-order valence-corrected chi connectivity index (χ4v) is 5.21. The van der Waals surface area contributed by atoms with E-state index in [1.165, 1.54) is 16.4 Å². The number of amides is 1. The van der Waals surface area contributed by atoms with Gasteiger partial charge in [0, 0.05) is 31.7 Å². The summed E-state index contributed by atoms with van der Waals surface area (Å²) in [6.07, 6.45) is 0.0228. The molecule has 0 bridgehead atoms. The Bertz CT molecular complexity index is 874. The van der Waals surface area contributed by atoms with E-state index >= 15 is 0 Å². The first-order valence-electron chi connectivity index (χ1n) is 9.62. The molecule has 3 rings (SSSR count). The van der Waals surface area contributed by atoms with Crippen LogP contribution in [0.4, 0.5) is 0 Å². The third-order valence-electron chi connectivity index (χ3n) is 4.99. The van der Waals surface area contributed by atoms with E-state index < -0.39 is 15.9 Å². The van der Waals surface area contributed by atoms with Gasteiger partial charge in [0.15, 0.2) is 5.11 Å². The van der Waals surface area contributed by atoms with Crippen LogP contribution >= 0.6 is 12.2 Å². The molecule has 1 aromatic carbocycles. The van der Waals surface area contributed by atoms with Crippen molar-refractivity contribution in [3.8, 4) is 0 Å². The van der Waals surface area contributed by atoms with Crippen LogP contribution in [-0.4, -0.2) is 80.2 Å². The van der Waals surface area contributed by atoms with E-state index in [9.17, 15) is 13.2 Å². The molecule has 1 N–H and O–H groups in total. The number of morpholine rings is 2. The van der Waals surface area contributed by atoms with Crippen molar-refractivity contribution in [3.63, 3.8) is 0 Å². The number of aryl methyl sites for hydroxylation is 1. The smallest absolute Gasteiger partial charge is 0.257 e. The molecular weight excluding hydrogens is 414 g/mol. The molecule has 1 aromatic rings. The Morgan fingerprint density at radius 2 is 1.79 bits per heavy atom. The number of nitrogens with zero attached hydrogens (tertiary/aromatic N) is 2. The predicted octanol–water partition coefficient (Wildman–Crippen LogP) is 1.14. The van der Waals surface area contributed by atoms with Crippen LogP contribution in [-0.2, 0) is 19.5 Å². The summed E-state index contributed by atoms with van der Waals surface area (Å²) >= 11 is 5.41. The van der Waals surface area contributed by atoms with Crippen LogP contribution in [0.25, 0.3) is 0 Å². The number of rotatable bonds is 3. The van der Waals surface area contributed by atoms with E-state index in [0.29, 0.717) is 50.1 Å². The number of thiocarbonyl (C=S) groups is 1. The molecule has 2 unspecified atom stereocenters. The number of ether oxygens (including phenoxy) is 2. The summed E-state index contributed by atoms with van der Waals surface area (Å²) in [6.45, 7) is 8.19. The van der Waals surface area contributed by atoms with E-state index in [1.807, 2.05) is 18.7 Å². The summed E-state index contributed by atoms with van der Waals surface area (Å²) < 4.78 is 38.1. The second-order valence-electron chi connectivity index (χ2n) is 7.41. The highest BCUT2D eigenvalue weighted by atomic mass is 32.2. The van der Waals surface area contributed by atoms with Gasteiger partial charge in [0.25, 0.3) is 5.91 Å². The summed E-state index contributed by atoms with van der Waals surface area (Å²) in [6, 6.07) is 4.59. The fraction of sp³-hybridized carbons (Fsp3) is 0.579. The number of nitrogens with one attached hydrogen (secondary N) is 1. The molecule has 10 heteroatoms. The molecule has 2 saturated heterocycles. The third kappa shape index (κ3) is 5.13. The van der Waals surface area contributed by atoms with Crippen LogP contribution in [0.2, 0.25) is 0 Å². The summed E-state index contributed by atoms with van der Waals surface area (Å²) in [7, 11) is -3.68. The van der Waals surface area contributed by atoms with Crippen molar-refractivity contribution >= 4 is 33.3 Å². The van der Waals surface area contributed by atoms with Crippen LogP contribution in [0.5, 0.6) is 0 Å². The Kier molecular flexibility index (Phi) is 6.90. The van der Waals surface area contributed by atoms with Crippen molar-refractivity contribution in [2.24, 2.45) is 0 Å². The number of hydrogen-bond donors (Lipinski definition) is 1. The van der Waals surface area contributed by atoms with Gasteiger partial charge in [-0.15, -0.1) is 0 Å². The normalized spacial score (nSPS) is 23.6. The lowest BCUT2D eigenvalue weighted by atomic mass is 10.1. The Hall–Kier alpha value is -1.59. The second kappa shape index (κ2) is 9.05. The van der Waals surface area contributed by atoms with E-state index in [1.54, 1.807) is 13.0 Å². The lowest BCUT2D eigenvalue weighted by Gasteiger charge is -2.36. The van der Waals surface area contributed by atoms with Gasteiger partial charge in [0.05, 0.1) is 30.3 Å². The van der Waals surface area contributed by atoms with Crippen LogP contribution < -0.4 is 5.32 Å². The van der Waals surface area contributed by atoms with Crippen LogP contribution in [0.1, 0.15) is 29.8 Å². The van der Waals surface area contributed by atoms with Crippen molar-refractivity contribution in [2.75, 3.05) is 39.4 Å². The summed E-state index contributed by atoms with van der Waals surface area (Å²) in [5, 5.41) is 3.06. The van der Waals surface area contributed by atoms with Gasteiger partial charge in [-0.25, -0.2) is 8.42 Å². The highest BCUT2D eigenvalue weighted by Gasteiger charge is 2.28. The zero-order valence-electron chi connectivity index (χ0n) is 16.9. The van der Waals surface area contributed by atoms with Gasteiger partial charge >= 0.3 is 0 Å². The maximum atomic E-state index is 12.9. The van der Waals surface area contributed by atoms with Gasteiger partial charge < -0.3 is 14.4 Å². The lowest BCUT2D eigenvalue weighted by Crippen LogP contribution is -2.52. The zero-order valence-corrected chi connectivity index (χ0v) is 18.5. The van der Waals surface area contributed by atoms with Gasteiger partial charge in [0.1, 0.15) is 0 Å². The monoisotopic (exact) mass is 441 g/mol. The first-order valence-corrected chi connectivity index (χ1v) is 11.5. The second-order valence-corrected chi connectivity index (χ2v) is 9.74. The summed E-state index contributed by atoms with van der Waals surface area (Å²) in [4.78, 5) is 14.8. The maximum Gasteiger partial charge on any atom is 0.257 e. The summed E-state index contributed by atoms with van der Waals surface area (Å²) in [5.74, 6) is -0.418. The van der Waals surface area contributed by atoms with Crippen molar-refractivity contribution in [1.29, 1.82) is 0 Å². The lowest BCUT2D eigenvalue weighted by molar-refractivity contribution is -0.0481. The molecule has 1 amide bonds. The molecule has 0 radical (unpaired) electrons. The maximum absolute atomic E-state index is 12.9. The van der Waals surface area contributed by atoms with Crippen LogP contribution in [0.3, 0.4) is 0 Å². The Labute approximate surface area is 177 Å². The van der Waals surface area contributed by atoms with Gasteiger partial charge in [-0.05, 0) is 50.7 Å². The number of hydrogen-bond acceptors (Lipinski definition) is 6. The first-order chi connectivity index (χ1) is 13.7. The fourth-order valence-electron chi connectivity index (χ4n) is 3.53. The molecule has 2 fully saturated rings. The average molecular weight is 442 g/mol. The molecule has 2 aliphatic heterocycles. The highest BCUT2D eigenvalue weighted by molar-refractivity contribution is 7.89. The molecule has 0 spiro atoms. The summed E-state index contributed by atoms with van der Waals surface area (Å²) in [5.41, 5.74) is 0.964. The van der Waals surface area contributed by atoms with Gasteiger partial charge in [-0.2, -0.15) is 4.31 Å². The first kappa shape index (κ1) is 22.1. The van der Waals surface area contributed by atoms with Gasteiger partial charge in [-0.1, -0.05) is 6.07 Å². The van der Waals surface area contributed by atoms with E-state index in [-0.39, 0.29) is 22.7 Å². The van der Waals surface area contributed by atoms with Crippen LogP contribution in [0.15, 0.2) is 23.1 Å². The average Bonchev–Trinajstić information content (AvgIpc) is 2.68. The molecule has 8 nitrogen and oxygen atoms in total. The van der Waals surface area contributed by atoms with E-state index in [4.69, 9.17) is 21.7 Å². The molecule has 2 heterocycles. The number of carbonyl (C=O) groups is 1. The molecule has 2 aliphatic rings. The van der Waals surface area contributed by atoms with Crippen molar-refractivity contribution in [2.45, 2.75) is 37.9 Å². The van der Waals surface area contributed by atoms with Crippen molar-refractivity contribution in [1.82, 2.24) is 14.5 Å². The minimum atomic E-state index is -3.68. The largest absolute Gasteiger partial charge is 0.379 e. The number of carbonyl (C=O) groups excluding carboxylic acids is 1. The van der Waals surface area contributed by atoms with Crippen LogP contribution in [0, 0.1) is 6.92 Å². The molecular formula is C19H27N3O5S2. The topological polar surface area (TPSA) is 88.2 Å². The molecule has 2 atom stereocenters. The molecule has 0 aromatic heterocycles. The Morgan fingerprint density at radius 1 is 1.17 bits per heavy atom. The molecule has 0 saturated carbocycles. The quantitative estimate of drug-likeness (QED) is 0.704. The van der Waals surface area contributed by atoms with E-state index in [2.05, 4.69) is 5.32 Å². The predicted molar refractivity (Wildman–Crippen MR) is 112 cm³/mol. The Balaban J connectivity index is 1.77. The van der Waals surface area contributed by atoms with Gasteiger partial charge in [-0.3, -0.25) is 10.1 Å². The minimum Gasteiger partial charge on any atom is -0.379 e.